The van der Waals surface area contributed by atoms with Crippen LogP contribution in [0.1, 0.15) is 31.1 Å². The minimum Gasteiger partial charge on any atom is -0.378 e. The molecule has 2 rings (SSSR count). The van der Waals surface area contributed by atoms with E-state index in [1.807, 2.05) is 11.6 Å². The summed E-state index contributed by atoms with van der Waals surface area (Å²) in [6.07, 6.45) is 2.07. The number of halogens is 1. The molecule has 0 saturated heterocycles. The van der Waals surface area contributed by atoms with E-state index in [1.165, 1.54) is 5.56 Å². The van der Waals surface area contributed by atoms with Crippen molar-refractivity contribution in [2.75, 3.05) is 5.32 Å². The van der Waals surface area contributed by atoms with Gasteiger partial charge in [0.05, 0.1) is 11.4 Å². The molecular weight excluding hydrogens is 290 g/mol. The van der Waals surface area contributed by atoms with Crippen molar-refractivity contribution in [1.82, 2.24) is 9.78 Å². The first-order valence-corrected chi connectivity index (χ1v) is 6.89. The van der Waals surface area contributed by atoms with Crippen LogP contribution in [0.3, 0.4) is 0 Å². The van der Waals surface area contributed by atoms with Gasteiger partial charge in [0, 0.05) is 23.3 Å². The molecule has 0 radical (unpaired) electrons. The van der Waals surface area contributed by atoms with Crippen molar-refractivity contribution in [3.05, 3.63) is 46.2 Å². The van der Waals surface area contributed by atoms with E-state index in [-0.39, 0.29) is 0 Å². The summed E-state index contributed by atoms with van der Waals surface area (Å²) in [6, 6.07) is 8.73. The highest BCUT2D eigenvalue weighted by molar-refractivity contribution is 9.10. The molecule has 1 aromatic heterocycles. The SMILES string of the molecule is Cc1nn(C(C)C)cc1NCc1ccc(Br)cc1. The van der Waals surface area contributed by atoms with Gasteiger partial charge in [0.1, 0.15) is 0 Å². The molecule has 0 aliphatic heterocycles. The van der Waals surface area contributed by atoms with Crippen molar-refractivity contribution in [3.63, 3.8) is 0 Å². The van der Waals surface area contributed by atoms with Gasteiger partial charge >= 0.3 is 0 Å². The van der Waals surface area contributed by atoms with Gasteiger partial charge in [0.25, 0.3) is 0 Å². The largest absolute Gasteiger partial charge is 0.378 e. The number of hydrogen-bond acceptors (Lipinski definition) is 2. The van der Waals surface area contributed by atoms with E-state index in [2.05, 4.69) is 70.7 Å². The lowest BCUT2D eigenvalue weighted by atomic mass is 10.2. The third kappa shape index (κ3) is 3.13. The van der Waals surface area contributed by atoms with Crippen molar-refractivity contribution in [2.24, 2.45) is 0 Å². The average molecular weight is 308 g/mol. The molecule has 0 unspecified atom stereocenters. The summed E-state index contributed by atoms with van der Waals surface area (Å²) in [5.41, 5.74) is 3.40. The second-order valence-electron chi connectivity index (χ2n) is 4.68. The molecular formula is C14H18BrN3. The van der Waals surface area contributed by atoms with Crippen LogP contribution in [0.4, 0.5) is 5.69 Å². The molecule has 0 atom stereocenters. The van der Waals surface area contributed by atoms with Crippen LogP contribution in [0.2, 0.25) is 0 Å². The zero-order chi connectivity index (χ0) is 13.1. The maximum absolute atomic E-state index is 4.48. The number of nitrogens with one attached hydrogen (secondary N) is 1. The van der Waals surface area contributed by atoms with Gasteiger partial charge in [-0.1, -0.05) is 28.1 Å². The van der Waals surface area contributed by atoms with Crippen LogP contribution in [-0.4, -0.2) is 9.78 Å². The van der Waals surface area contributed by atoms with Crippen molar-refractivity contribution < 1.29 is 0 Å². The lowest BCUT2D eigenvalue weighted by Gasteiger charge is -2.05. The van der Waals surface area contributed by atoms with Gasteiger partial charge in [-0.15, -0.1) is 0 Å². The van der Waals surface area contributed by atoms with Crippen LogP contribution in [0.15, 0.2) is 34.9 Å². The molecule has 0 aliphatic carbocycles. The van der Waals surface area contributed by atoms with Gasteiger partial charge in [0.2, 0.25) is 0 Å². The summed E-state index contributed by atoms with van der Waals surface area (Å²) in [5.74, 6) is 0. The summed E-state index contributed by atoms with van der Waals surface area (Å²) in [6.45, 7) is 7.11. The average Bonchev–Trinajstić information content (AvgIpc) is 2.70. The summed E-state index contributed by atoms with van der Waals surface area (Å²) in [5, 5.41) is 7.91. The molecule has 2 aromatic rings. The van der Waals surface area contributed by atoms with Crippen LogP contribution in [0.25, 0.3) is 0 Å². The molecule has 4 heteroatoms. The maximum atomic E-state index is 4.48. The molecule has 96 valence electrons. The van der Waals surface area contributed by atoms with Crippen LogP contribution < -0.4 is 5.32 Å². The van der Waals surface area contributed by atoms with E-state index in [0.717, 1.165) is 22.4 Å². The number of nitrogens with zero attached hydrogens (tertiary/aromatic N) is 2. The number of anilines is 1. The Morgan fingerprint density at radius 1 is 1.28 bits per heavy atom. The zero-order valence-electron chi connectivity index (χ0n) is 10.9. The zero-order valence-corrected chi connectivity index (χ0v) is 12.5. The highest BCUT2D eigenvalue weighted by atomic mass is 79.9. The van der Waals surface area contributed by atoms with Crippen molar-refractivity contribution in [1.29, 1.82) is 0 Å². The number of benzene rings is 1. The molecule has 0 aliphatic rings. The molecule has 0 bridgehead atoms. The third-order valence-electron chi connectivity index (χ3n) is 2.84. The smallest absolute Gasteiger partial charge is 0.0825 e. The Labute approximate surface area is 116 Å². The number of rotatable bonds is 4. The van der Waals surface area contributed by atoms with E-state index in [4.69, 9.17) is 0 Å². The Kier molecular flexibility index (Phi) is 4.07. The topological polar surface area (TPSA) is 29.9 Å². The minimum atomic E-state index is 0.395. The monoisotopic (exact) mass is 307 g/mol. The Bertz CT molecular complexity index is 514. The molecule has 3 nitrogen and oxygen atoms in total. The summed E-state index contributed by atoms with van der Waals surface area (Å²) in [7, 11) is 0. The number of aryl methyl sites for hydroxylation is 1. The highest BCUT2D eigenvalue weighted by Gasteiger charge is 2.06. The first-order chi connectivity index (χ1) is 8.56. The molecule has 0 saturated carbocycles. The predicted octanol–water partition coefficient (Wildman–Crippen LogP) is 4.15. The van der Waals surface area contributed by atoms with Gasteiger partial charge in [-0.3, -0.25) is 4.68 Å². The van der Waals surface area contributed by atoms with E-state index in [9.17, 15) is 0 Å². The Morgan fingerprint density at radius 2 is 1.94 bits per heavy atom. The first-order valence-electron chi connectivity index (χ1n) is 6.10. The van der Waals surface area contributed by atoms with Crippen LogP contribution >= 0.6 is 15.9 Å². The minimum absolute atomic E-state index is 0.395. The van der Waals surface area contributed by atoms with Gasteiger partial charge in [-0.25, -0.2) is 0 Å². The highest BCUT2D eigenvalue weighted by Crippen LogP contribution is 2.17. The van der Waals surface area contributed by atoms with Gasteiger partial charge in [-0.2, -0.15) is 5.10 Å². The third-order valence-corrected chi connectivity index (χ3v) is 3.37. The quantitative estimate of drug-likeness (QED) is 0.919. The van der Waals surface area contributed by atoms with E-state index < -0.39 is 0 Å². The van der Waals surface area contributed by atoms with Crippen LogP contribution in [0.5, 0.6) is 0 Å². The molecule has 0 amide bonds. The number of aromatic nitrogens is 2. The second kappa shape index (κ2) is 5.57. The summed E-state index contributed by atoms with van der Waals surface area (Å²) < 4.78 is 3.09. The Hall–Kier alpha value is -1.29. The fraction of sp³-hybridized carbons (Fsp3) is 0.357. The normalized spacial score (nSPS) is 10.9. The fourth-order valence-corrected chi connectivity index (χ4v) is 1.98. The lowest BCUT2D eigenvalue weighted by molar-refractivity contribution is 0.529. The first kappa shape index (κ1) is 13.1. The molecule has 1 heterocycles. The van der Waals surface area contributed by atoms with Gasteiger partial charge in [-0.05, 0) is 38.5 Å². The maximum Gasteiger partial charge on any atom is 0.0825 e. The molecule has 1 N–H and O–H groups in total. The number of hydrogen-bond donors (Lipinski definition) is 1. The van der Waals surface area contributed by atoms with E-state index in [1.54, 1.807) is 0 Å². The van der Waals surface area contributed by atoms with Crippen molar-refractivity contribution in [2.45, 2.75) is 33.4 Å². The standard InChI is InChI=1S/C14H18BrN3/c1-10(2)18-9-14(11(3)17-18)16-8-12-4-6-13(15)7-5-12/h4-7,9-10,16H,8H2,1-3H3. The van der Waals surface area contributed by atoms with E-state index in [0.29, 0.717) is 6.04 Å². The summed E-state index contributed by atoms with van der Waals surface area (Å²) in [4.78, 5) is 0. The van der Waals surface area contributed by atoms with Crippen molar-refractivity contribution in [3.8, 4) is 0 Å². The molecule has 0 fully saturated rings. The van der Waals surface area contributed by atoms with Crippen LogP contribution in [0, 0.1) is 6.92 Å². The Morgan fingerprint density at radius 3 is 2.50 bits per heavy atom. The molecule has 1 aromatic carbocycles. The molecule has 18 heavy (non-hydrogen) atoms. The Balaban J connectivity index is 2.03. The van der Waals surface area contributed by atoms with Crippen molar-refractivity contribution >= 4 is 21.6 Å². The van der Waals surface area contributed by atoms with Gasteiger partial charge < -0.3 is 5.32 Å². The van der Waals surface area contributed by atoms with Crippen LogP contribution in [-0.2, 0) is 6.54 Å². The predicted molar refractivity (Wildman–Crippen MR) is 78.8 cm³/mol. The van der Waals surface area contributed by atoms with Gasteiger partial charge in [0.15, 0.2) is 0 Å². The fourth-order valence-electron chi connectivity index (χ4n) is 1.72. The molecule has 0 spiro atoms. The van der Waals surface area contributed by atoms with E-state index >= 15 is 0 Å². The lowest BCUT2D eigenvalue weighted by Crippen LogP contribution is -2.01. The second-order valence-corrected chi connectivity index (χ2v) is 5.60. The summed E-state index contributed by atoms with van der Waals surface area (Å²) >= 11 is 3.44.